The van der Waals surface area contributed by atoms with Crippen LogP contribution in [-0.4, -0.2) is 93.3 Å². The number of ether oxygens (including phenoxy) is 2. The first-order valence-electron chi connectivity index (χ1n) is 18.1. The number of piperidine rings is 1. The zero-order valence-electron chi connectivity index (χ0n) is 30.2. The lowest BCUT2D eigenvalue weighted by atomic mass is 9.85. The Hall–Kier alpha value is -3.37. The van der Waals surface area contributed by atoms with Crippen molar-refractivity contribution in [3.8, 4) is 0 Å². The maximum Gasteiger partial charge on any atom is 0.416 e. The Labute approximate surface area is 307 Å². The maximum atomic E-state index is 14.3. The molecule has 2 saturated heterocycles. The van der Waals surface area contributed by atoms with Crippen LogP contribution in [0.3, 0.4) is 0 Å². The van der Waals surface area contributed by atoms with Crippen LogP contribution in [0.2, 0.25) is 0 Å². The van der Waals surface area contributed by atoms with Crippen LogP contribution in [0.25, 0.3) is 0 Å². The molecule has 3 amide bonds. The van der Waals surface area contributed by atoms with Gasteiger partial charge in [0.1, 0.15) is 23.5 Å². The van der Waals surface area contributed by atoms with Crippen molar-refractivity contribution in [2.24, 2.45) is 11.3 Å². The van der Waals surface area contributed by atoms with Gasteiger partial charge in [-0.3, -0.25) is 14.2 Å². The number of carbonyl (C=O) groups excluding carboxylic acids is 3. The molecule has 53 heavy (non-hydrogen) atoms. The van der Waals surface area contributed by atoms with Crippen LogP contribution in [0, 0.1) is 11.3 Å². The molecular formula is C35H51F3N5O9P. The molecule has 0 bridgehead atoms. The molecule has 2 saturated carbocycles. The van der Waals surface area contributed by atoms with E-state index in [-0.39, 0.29) is 31.2 Å². The summed E-state index contributed by atoms with van der Waals surface area (Å²) in [4.78, 5) is 64.5. The van der Waals surface area contributed by atoms with Crippen molar-refractivity contribution < 1.29 is 56.5 Å². The van der Waals surface area contributed by atoms with Crippen LogP contribution in [0.5, 0.6) is 0 Å². The standard InChI is InChI=1S/C35H51F3N5O9P/c1-5-21-19-34(21,53(48,49)50)41-29(44)27-18-24(20-43(27)30(45)28(33(2,3)4)40-32(47)51-23-11-7-8-12-23)52-31(46)39-25-17-22(35(36,37)38)13-14-26(25)42-15-9-6-10-16-42/h5,13-14,17,21,23-24,27-28,31,39,46H,1,6-12,15-16,18-20H2,2-4H3,(H,40,47)(H,41,44)(H2,48,49,50)/t21?,24-,27+,28-,31?,34?/m1/s1. The fraction of sp³-hybridized carbons (Fsp3) is 0.686. The van der Waals surface area contributed by atoms with Crippen LogP contribution in [-0.2, 0) is 29.8 Å². The summed E-state index contributed by atoms with van der Waals surface area (Å²) in [7, 11) is -4.90. The molecule has 3 unspecified atom stereocenters. The SMILES string of the molecule is C=CC1CC1(NC(=O)[C@@H]1C[C@@H](OC(O)Nc2cc(C(F)(F)F)ccc2N2CCCCC2)CN1C(=O)[C@@H](NC(=O)OC1CCCC1)C(C)(C)C)P(=O)(O)O. The highest BCUT2D eigenvalue weighted by atomic mass is 31.2. The van der Waals surface area contributed by atoms with E-state index in [4.69, 9.17) is 9.47 Å². The third kappa shape index (κ3) is 9.48. The third-order valence-electron chi connectivity index (χ3n) is 10.5. The Kier molecular flexibility index (Phi) is 12.1. The normalized spacial score (nSPS) is 26.5. The largest absolute Gasteiger partial charge is 0.446 e. The number of alkyl halides is 3. The highest BCUT2D eigenvalue weighted by Crippen LogP contribution is 2.67. The zero-order chi connectivity index (χ0) is 38.9. The first kappa shape index (κ1) is 40.8. The van der Waals surface area contributed by atoms with Crippen molar-refractivity contribution in [3.63, 3.8) is 0 Å². The van der Waals surface area contributed by atoms with E-state index < -0.39 is 78.5 Å². The number of hydrogen-bond donors (Lipinski definition) is 6. The van der Waals surface area contributed by atoms with Gasteiger partial charge in [-0.1, -0.05) is 26.8 Å². The third-order valence-corrected chi connectivity index (χ3v) is 12.2. The van der Waals surface area contributed by atoms with Gasteiger partial charge in [0, 0.05) is 32.0 Å². The van der Waals surface area contributed by atoms with E-state index in [0.29, 0.717) is 31.6 Å². The number of aliphatic hydroxyl groups is 1. The summed E-state index contributed by atoms with van der Waals surface area (Å²) in [5.74, 6) is -2.33. The van der Waals surface area contributed by atoms with Crippen LogP contribution < -0.4 is 20.9 Å². The van der Waals surface area contributed by atoms with Crippen molar-refractivity contribution in [3.05, 3.63) is 36.4 Å². The van der Waals surface area contributed by atoms with E-state index in [1.165, 1.54) is 12.1 Å². The molecule has 4 aliphatic rings. The van der Waals surface area contributed by atoms with Gasteiger partial charge < -0.3 is 50.1 Å². The lowest BCUT2D eigenvalue weighted by Crippen LogP contribution is -2.58. The molecule has 4 fully saturated rings. The predicted molar refractivity (Wildman–Crippen MR) is 188 cm³/mol. The number of halogens is 3. The van der Waals surface area contributed by atoms with Gasteiger partial charge in [0.15, 0.2) is 0 Å². The van der Waals surface area contributed by atoms with Crippen LogP contribution in [0.1, 0.15) is 84.1 Å². The van der Waals surface area contributed by atoms with E-state index >= 15 is 0 Å². The smallest absolute Gasteiger partial charge is 0.416 e. The van der Waals surface area contributed by atoms with Crippen molar-refractivity contribution in [1.82, 2.24) is 15.5 Å². The number of likely N-dealkylation sites (tertiary alicyclic amines) is 1. The molecule has 2 heterocycles. The fourth-order valence-corrected chi connectivity index (χ4v) is 8.73. The number of nitrogens with one attached hydrogen (secondary N) is 3. The Morgan fingerprint density at radius 3 is 2.28 bits per heavy atom. The van der Waals surface area contributed by atoms with Gasteiger partial charge in [0.05, 0.1) is 23.0 Å². The molecule has 6 atom stereocenters. The molecule has 2 aliphatic heterocycles. The van der Waals surface area contributed by atoms with Crippen LogP contribution in [0.15, 0.2) is 30.9 Å². The van der Waals surface area contributed by atoms with Gasteiger partial charge in [-0.05, 0) is 75.0 Å². The molecular weight excluding hydrogens is 722 g/mol. The number of nitrogens with zero attached hydrogens (tertiary/aromatic N) is 2. The molecule has 296 valence electrons. The summed E-state index contributed by atoms with van der Waals surface area (Å²) >= 11 is 0. The number of aliphatic hydroxyl groups excluding tert-OH is 1. The monoisotopic (exact) mass is 773 g/mol. The minimum Gasteiger partial charge on any atom is -0.446 e. The minimum atomic E-state index is -4.90. The van der Waals surface area contributed by atoms with Crippen molar-refractivity contribution >= 4 is 36.9 Å². The van der Waals surface area contributed by atoms with E-state index in [1.807, 2.05) is 4.90 Å². The summed E-state index contributed by atoms with van der Waals surface area (Å²) in [6.07, 6.45) is -1.88. The summed E-state index contributed by atoms with van der Waals surface area (Å²) in [6.45, 7) is 9.61. The Morgan fingerprint density at radius 1 is 1.06 bits per heavy atom. The molecule has 5 rings (SSSR count). The first-order valence-corrected chi connectivity index (χ1v) is 19.7. The molecule has 0 aromatic heterocycles. The molecule has 0 radical (unpaired) electrons. The number of amides is 3. The van der Waals surface area contributed by atoms with Crippen LogP contribution in [0.4, 0.5) is 29.3 Å². The van der Waals surface area contributed by atoms with Crippen molar-refractivity contribution in [2.45, 2.75) is 121 Å². The average molecular weight is 774 g/mol. The van der Waals surface area contributed by atoms with Gasteiger partial charge in [-0.15, -0.1) is 6.58 Å². The highest BCUT2D eigenvalue weighted by molar-refractivity contribution is 7.54. The molecule has 1 aromatic carbocycles. The molecule has 0 spiro atoms. The lowest BCUT2D eigenvalue weighted by Gasteiger charge is -2.35. The van der Waals surface area contributed by atoms with E-state index in [2.05, 4.69) is 22.5 Å². The number of alkyl carbamates (subject to hydrolysis) is 1. The van der Waals surface area contributed by atoms with Gasteiger partial charge >= 0.3 is 19.9 Å². The Balaban J connectivity index is 1.38. The maximum absolute atomic E-state index is 14.3. The number of hydrogen-bond acceptors (Lipinski definition) is 9. The molecule has 14 nitrogen and oxygen atoms in total. The summed E-state index contributed by atoms with van der Waals surface area (Å²) in [5.41, 5.74) is -1.43. The molecule has 2 aliphatic carbocycles. The number of benzene rings is 1. The second kappa shape index (κ2) is 15.8. The second-order valence-electron chi connectivity index (χ2n) is 15.5. The van der Waals surface area contributed by atoms with Crippen molar-refractivity contribution in [1.29, 1.82) is 0 Å². The van der Waals surface area contributed by atoms with Gasteiger partial charge in [-0.2, -0.15) is 13.2 Å². The number of carbonyl (C=O) groups is 3. The Bertz CT molecular complexity index is 1570. The Morgan fingerprint density at radius 2 is 1.72 bits per heavy atom. The molecule has 1 aromatic rings. The fourth-order valence-electron chi connectivity index (χ4n) is 7.50. The van der Waals surface area contributed by atoms with Gasteiger partial charge in [-0.25, -0.2) is 4.79 Å². The van der Waals surface area contributed by atoms with Gasteiger partial charge in [0.2, 0.25) is 18.2 Å². The predicted octanol–water partition coefficient (Wildman–Crippen LogP) is 4.65. The number of anilines is 2. The quantitative estimate of drug-likeness (QED) is 0.0986. The topological polar surface area (TPSA) is 190 Å². The minimum absolute atomic E-state index is 0.0278. The second-order valence-corrected chi connectivity index (χ2v) is 17.4. The number of rotatable bonds is 12. The zero-order valence-corrected chi connectivity index (χ0v) is 31.1. The van der Waals surface area contributed by atoms with E-state index in [9.17, 15) is 47.0 Å². The summed E-state index contributed by atoms with van der Waals surface area (Å²) in [5, 5.41) is 16.9. The van der Waals surface area contributed by atoms with Crippen molar-refractivity contribution in [2.75, 3.05) is 29.9 Å². The van der Waals surface area contributed by atoms with E-state index in [0.717, 1.165) is 49.1 Å². The van der Waals surface area contributed by atoms with E-state index in [1.54, 1.807) is 20.8 Å². The lowest BCUT2D eigenvalue weighted by molar-refractivity contribution is -0.143. The molecule has 6 N–H and O–H groups in total. The summed E-state index contributed by atoms with van der Waals surface area (Å²) < 4.78 is 65.0. The first-order chi connectivity index (χ1) is 24.7. The average Bonchev–Trinajstić information content (AvgIpc) is 3.34. The highest BCUT2D eigenvalue weighted by Gasteiger charge is 2.66. The van der Waals surface area contributed by atoms with Gasteiger partial charge in [0.25, 0.3) is 0 Å². The molecule has 18 heteroatoms. The summed E-state index contributed by atoms with van der Waals surface area (Å²) in [6, 6.07) is 0.597. The van der Waals surface area contributed by atoms with Crippen LogP contribution >= 0.6 is 7.60 Å².